The van der Waals surface area contributed by atoms with Crippen molar-refractivity contribution in [2.45, 2.75) is 57.6 Å². The fourth-order valence-corrected chi connectivity index (χ4v) is 3.29. The molecule has 2 aliphatic rings. The van der Waals surface area contributed by atoms with Crippen LogP contribution in [0.2, 0.25) is 0 Å². The standard InChI is InChI=1S/C18H24O5/c1-11-16-17(23-18(2,3)22-16)15(21-11)9-8-12-6-5-7-14(20-4)13(12)10-19/h5-9,11,15-17,19H,10H2,1-4H3/b9-8+/t11-,15+,16+,17-/m0/s1. The first-order valence-corrected chi connectivity index (χ1v) is 7.91. The van der Waals surface area contributed by atoms with Crippen molar-refractivity contribution in [3.05, 3.63) is 35.4 Å². The van der Waals surface area contributed by atoms with Crippen molar-refractivity contribution < 1.29 is 24.1 Å². The van der Waals surface area contributed by atoms with Gasteiger partial charge >= 0.3 is 0 Å². The number of benzene rings is 1. The molecule has 0 aromatic heterocycles. The molecule has 126 valence electrons. The van der Waals surface area contributed by atoms with Gasteiger partial charge in [0.1, 0.15) is 24.1 Å². The van der Waals surface area contributed by atoms with E-state index in [1.807, 2.05) is 51.1 Å². The zero-order valence-corrected chi connectivity index (χ0v) is 14.0. The molecule has 0 saturated carbocycles. The predicted molar refractivity (Wildman–Crippen MR) is 86.1 cm³/mol. The summed E-state index contributed by atoms with van der Waals surface area (Å²) in [5, 5.41) is 9.59. The van der Waals surface area contributed by atoms with Crippen LogP contribution in [-0.2, 0) is 20.8 Å². The fraction of sp³-hybridized carbons (Fsp3) is 0.556. The molecule has 5 nitrogen and oxygen atoms in total. The van der Waals surface area contributed by atoms with E-state index in [4.69, 9.17) is 18.9 Å². The second-order valence-corrected chi connectivity index (χ2v) is 6.42. The number of ether oxygens (including phenoxy) is 4. The summed E-state index contributed by atoms with van der Waals surface area (Å²) in [5.74, 6) is 0.0981. The molecule has 1 N–H and O–H groups in total. The van der Waals surface area contributed by atoms with Gasteiger partial charge in [-0.2, -0.15) is 0 Å². The average molecular weight is 320 g/mol. The maximum absolute atomic E-state index is 9.59. The highest BCUT2D eigenvalue weighted by molar-refractivity contribution is 5.58. The van der Waals surface area contributed by atoms with Gasteiger partial charge in [0.25, 0.3) is 0 Å². The summed E-state index contributed by atoms with van der Waals surface area (Å²) in [7, 11) is 1.60. The minimum absolute atomic E-state index is 0.0148. The van der Waals surface area contributed by atoms with Crippen LogP contribution in [-0.4, -0.2) is 42.4 Å². The van der Waals surface area contributed by atoms with Gasteiger partial charge in [-0.05, 0) is 32.4 Å². The molecule has 0 bridgehead atoms. The third-order valence-corrected chi connectivity index (χ3v) is 4.33. The minimum Gasteiger partial charge on any atom is -0.496 e. The maximum atomic E-state index is 9.59. The number of methoxy groups -OCH3 is 1. The third kappa shape index (κ3) is 3.15. The monoisotopic (exact) mass is 320 g/mol. The second kappa shape index (κ2) is 6.24. The lowest BCUT2D eigenvalue weighted by Crippen LogP contribution is -2.28. The Kier molecular flexibility index (Phi) is 4.47. The van der Waals surface area contributed by atoms with E-state index in [-0.39, 0.29) is 31.0 Å². The molecule has 0 unspecified atom stereocenters. The molecule has 1 aromatic carbocycles. The molecule has 23 heavy (non-hydrogen) atoms. The molecule has 2 fully saturated rings. The van der Waals surface area contributed by atoms with Gasteiger partial charge in [0, 0.05) is 5.56 Å². The van der Waals surface area contributed by atoms with Crippen molar-refractivity contribution >= 4 is 6.08 Å². The summed E-state index contributed by atoms with van der Waals surface area (Å²) >= 11 is 0. The summed E-state index contributed by atoms with van der Waals surface area (Å²) in [4.78, 5) is 0. The summed E-state index contributed by atoms with van der Waals surface area (Å²) in [6.07, 6.45) is 3.57. The molecule has 2 saturated heterocycles. The van der Waals surface area contributed by atoms with Crippen LogP contribution in [0.1, 0.15) is 31.9 Å². The summed E-state index contributed by atoms with van der Waals surface area (Å²) in [5.41, 5.74) is 1.67. The molecule has 0 amide bonds. The number of fused-ring (bicyclic) bond motifs is 1. The van der Waals surface area contributed by atoms with Crippen LogP contribution in [0.15, 0.2) is 24.3 Å². The van der Waals surface area contributed by atoms with Crippen LogP contribution in [0.4, 0.5) is 0 Å². The van der Waals surface area contributed by atoms with Gasteiger partial charge in [-0.1, -0.05) is 24.3 Å². The predicted octanol–water partition coefficient (Wildman–Crippen LogP) is 2.51. The molecule has 5 heteroatoms. The van der Waals surface area contributed by atoms with Crippen LogP contribution in [0.3, 0.4) is 0 Å². The third-order valence-electron chi connectivity index (χ3n) is 4.33. The summed E-state index contributed by atoms with van der Waals surface area (Å²) in [6.45, 7) is 5.76. The van der Waals surface area contributed by atoms with Gasteiger partial charge in [-0.15, -0.1) is 0 Å². The Bertz CT molecular complexity index is 595. The first-order valence-electron chi connectivity index (χ1n) is 7.91. The summed E-state index contributed by atoms with van der Waals surface area (Å²) < 4.78 is 23.1. The molecule has 2 heterocycles. The highest BCUT2D eigenvalue weighted by Gasteiger charge is 2.52. The molecule has 1 aromatic rings. The maximum Gasteiger partial charge on any atom is 0.164 e. The smallest absolute Gasteiger partial charge is 0.164 e. The molecule has 2 aliphatic heterocycles. The molecule has 3 rings (SSSR count). The van der Waals surface area contributed by atoms with Crippen LogP contribution < -0.4 is 4.74 Å². The molecule has 0 aliphatic carbocycles. The van der Waals surface area contributed by atoms with Crippen molar-refractivity contribution in [1.29, 1.82) is 0 Å². The molecular weight excluding hydrogens is 296 g/mol. The first kappa shape index (κ1) is 16.5. The van der Waals surface area contributed by atoms with Gasteiger partial charge in [0.05, 0.1) is 19.8 Å². The van der Waals surface area contributed by atoms with Gasteiger partial charge < -0.3 is 24.1 Å². The number of rotatable bonds is 4. The lowest BCUT2D eigenvalue weighted by atomic mass is 10.0. The highest BCUT2D eigenvalue weighted by atomic mass is 16.8. The second-order valence-electron chi connectivity index (χ2n) is 6.42. The van der Waals surface area contributed by atoms with Crippen molar-refractivity contribution in [1.82, 2.24) is 0 Å². The quantitative estimate of drug-likeness (QED) is 0.924. The van der Waals surface area contributed by atoms with Gasteiger partial charge in [0.15, 0.2) is 5.79 Å². The Morgan fingerprint density at radius 3 is 2.70 bits per heavy atom. The zero-order valence-electron chi connectivity index (χ0n) is 14.0. The van der Waals surface area contributed by atoms with E-state index in [2.05, 4.69) is 0 Å². The number of aliphatic hydroxyl groups is 1. The SMILES string of the molecule is COc1cccc(/C=C/[C@H]2O[C@@H](C)[C@H]3OC(C)(C)O[C@H]32)c1CO. The van der Waals surface area contributed by atoms with E-state index in [1.165, 1.54) is 0 Å². The Morgan fingerprint density at radius 2 is 2.00 bits per heavy atom. The molecule has 0 radical (unpaired) electrons. The number of hydrogen-bond acceptors (Lipinski definition) is 5. The van der Waals surface area contributed by atoms with E-state index in [9.17, 15) is 5.11 Å². The van der Waals surface area contributed by atoms with Crippen molar-refractivity contribution in [2.75, 3.05) is 7.11 Å². The van der Waals surface area contributed by atoms with Crippen LogP contribution in [0.5, 0.6) is 5.75 Å². The van der Waals surface area contributed by atoms with Crippen LogP contribution >= 0.6 is 0 Å². The lowest BCUT2D eigenvalue weighted by Gasteiger charge is -2.21. The average Bonchev–Trinajstić information content (AvgIpc) is 2.99. The fourth-order valence-electron chi connectivity index (χ4n) is 3.29. The normalized spacial score (nSPS) is 32.4. The van der Waals surface area contributed by atoms with E-state index >= 15 is 0 Å². The Hall–Kier alpha value is -1.40. The largest absolute Gasteiger partial charge is 0.496 e. The first-order chi connectivity index (χ1) is 10.9. The summed E-state index contributed by atoms with van der Waals surface area (Å²) in [6, 6.07) is 5.68. The highest BCUT2D eigenvalue weighted by Crippen LogP contribution is 2.39. The van der Waals surface area contributed by atoms with Gasteiger partial charge in [0.2, 0.25) is 0 Å². The van der Waals surface area contributed by atoms with Crippen LogP contribution in [0, 0.1) is 0 Å². The molecule has 0 spiro atoms. The number of aliphatic hydroxyl groups excluding tert-OH is 1. The topological polar surface area (TPSA) is 57.2 Å². The van der Waals surface area contributed by atoms with Crippen molar-refractivity contribution in [3.63, 3.8) is 0 Å². The van der Waals surface area contributed by atoms with Crippen LogP contribution in [0.25, 0.3) is 6.08 Å². The van der Waals surface area contributed by atoms with E-state index in [0.717, 1.165) is 11.1 Å². The van der Waals surface area contributed by atoms with Crippen molar-refractivity contribution in [3.8, 4) is 5.75 Å². The molecule has 4 atom stereocenters. The van der Waals surface area contributed by atoms with E-state index in [1.54, 1.807) is 7.11 Å². The minimum atomic E-state index is -0.578. The van der Waals surface area contributed by atoms with E-state index in [0.29, 0.717) is 5.75 Å². The zero-order chi connectivity index (χ0) is 16.6. The van der Waals surface area contributed by atoms with Crippen molar-refractivity contribution in [2.24, 2.45) is 0 Å². The van der Waals surface area contributed by atoms with Gasteiger partial charge in [-0.25, -0.2) is 0 Å². The lowest BCUT2D eigenvalue weighted by molar-refractivity contribution is -0.180. The molecular formula is C18H24O5. The Morgan fingerprint density at radius 1 is 1.26 bits per heavy atom. The number of hydrogen-bond donors (Lipinski definition) is 1. The Labute approximate surface area is 136 Å². The van der Waals surface area contributed by atoms with Gasteiger partial charge in [-0.3, -0.25) is 0 Å². The Balaban J connectivity index is 1.81. The van der Waals surface area contributed by atoms with E-state index < -0.39 is 5.79 Å².